The second-order valence-electron chi connectivity index (χ2n) is 1.09. The molecule has 0 heterocycles. The molecule has 0 aliphatic rings. The summed E-state index contributed by atoms with van der Waals surface area (Å²) < 4.78 is 0. The summed E-state index contributed by atoms with van der Waals surface area (Å²) in [5.41, 5.74) is 0. The largest absolute Gasteiger partial charge is 0.359 e. The minimum Gasteiger partial charge on any atom is -0.359 e. The first-order chi connectivity index (χ1) is 3.85. The maximum atomic E-state index is 4.90. The zero-order valence-electron chi connectivity index (χ0n) is 5.02. The van der Waals surface area contributed by atoms with Gasteiger partial charge >= 0.3 is 0 Å². The fraction of sp³-hybridized carbons (Fsp3) is 0.400. The van der Waals surface area contributed by atoms with Gasteiger partial charge in [-0.25, -0.2) is 0 Å². The molecule has 0 radical (unpaired) electrons. The van der Waals surface area contributed by atoms with Crippen molar-refractivity contribution >= 4 is 5.96 Å². The number of terminal acetylenes is 1. The van der Waals surface area contributed by atoms with Gasteiger partial charge in [-0.3, -0.25) is 10.3 Å². The number of nitrogens with one attached hydrogen (secondary N) is 2. The fourth-order valence-corrected chi connectivity index (χ4v) is 0.299. The van der Waals surface area contributed by atoms with Gasteiger partial charge in [0.25, 0.3) is 0 Å². The van der Waals surface area contributed by atoms with E-state index in [2.05, 4.69) is 21.7 Å². The maximum Gasteiger partial charge on any atom is 0.202 e. The van der Waals surface area contributed by atoms with Crippen molar-refractivity contribution in [1.82, 2.24) is 10.6 Å². The molecule has 0 amide bonds. The molecular weight excluding hydrogens is 102 g/mol. The van der Waals surface area contributed by atoms with Crippen LogP contribution in [0.25, 0.3) is 0 Å². The Morgan fingerprint density at radius 1 is 1.75 bits per heavy atom. The third kappa shape index (κ3) is 2.08. The van der Waals surface area contributed by atoms with E-state index in [1.807, 2.05) is 0 Å². The van der Waals surface area contributed by atoms with E-state index in [1.54, 1.807) is 14.1 Å². The minimum atomic E-state index is 0.604. The Hall–Kier alpha value is -1.17. The predicted octanol–water partition coefficient (Wildman–Crippen LogP) is -0.628. The molecule has 0 saturated heterocycles. The van der Waals surface area contributed by atoms with E-state index in [1.165, 1.54) is 0 Å². The molecule has 3 heteroatoms. The molecule has 2 N–H and O–H groups in total. The van der Waals surface area contributed by atoms with Crippen LogP contribution in [0.2, 0.25) is 0 Å². The van der Waals surface area contributed by atoms with Crippen LogP contribution in [0.3, 0.4) is 0 Å². The summed E-state index contributed by atoms with van der Waals surface area (Å²) >= 11 is 0. The van der Waals surface area contributed by atoms with Gasteiger partial charge in [0.2, 0.25) is 5.96 Å². The lowest BCUT2D eigenvalue weighted by atomic mass is 10.9. The molecule has 0 aromatic rings. The highest BCUT2D eigenvalue weighted by Gasteiger charge is 1.82. The third-order valence-electron chi connectivity index (χ3n) is 0.651. The summed E-state index contributed by atoms with van der Waals surface area (Å²) in [4.78, 5) is 3.75. The number of nitrogens with zero attached hydrogens (tertiary/aromatic N) is 1. The summed E-state index contributed by atoms with van der Waals surface area (Å²) in [6.07, 6.45) is 4.90. The van der Waals surface area contributed by atoms with Gasteiger partial charge in [-0.05, 0) is 0 Å². The normalized spacial score (nSPS) is 9.88. The van der Waals surface area contributed by atoms with Crippen LogP contribution in [0.4, 0.5) is 0 Å². The van der Waals surface area contributed by atoms with Gasteiger partial charge < -0.3 is 5.32 Å². The zero-order chi connectivity index (χ0) is 6.41. The van der Waals surface area contributed by atoms with Crippen LogP contribution in [0, 0.1) is 12.5 Å². The lowest BCUT2D eigenvalue weighted by Gasteiger charge is -1.98. The average molecular weight is 111 g/mol. The summed E-state index contributed by atoms with van der Waals surface area (Å²) in [7, 11) is 3.39. The molecule has 0 aromatic heterocycles. The van der Waals surface area contributed by atoms with E-state index in [-0.39, 0.29) is 0 Å². The second-order valence-corrected chi connectivity index (χ2v) is 1.09. The topological polar surface area (TPSA) is 36.4 Å². The van der Waals surface area contributed by atoms with E-state index < -0.39 is 0 Å². The van der Waals surface area contributed by atoms with Crippen molar-refractivity contribution < 1.29 is 0 Å². The molecule has 0 unspecified atom stereocenters. The summed E-state index contributed by atoms with van der Waals surface area (Å²) in [5, 5.41) is 5.30. The van der Waals surface area contributed by atoms with Crippen molar-refractivity contribution in [2.75, 3.05) is 14.1 Å². The molecular formula is C5H9N3. The summed E-state index contributed by atoms with van der Waals surface area (Å²) in [5.74, 6) is 0.604. The van der Waals surface area contributed by atoms with E-state index in [9.17, 15) is 0 Å². The Bertz CT molecular complexity index is 120. The molecule has 0 atom stereocenters. The SMILES string of the molecule is C#CNC(=NC)NC. The van der Waals surface area contributed by atoms with Gasteiger partial charge in [0, 0.05) is 20.1 Å². The maximum absolute atomic E-state index is 4.90. The van der Waals surface area contributed by atoms with Gasteiger partial charge in [0.1, 0.15) is 0 Å². The molecule has 3 nitrogen and oxygen atoms in total. The Balaban J connectivity index is 3.59. The second kappa shape index (κ2) is 4.00. The molecule has 0 rings (SSSR count). The van der Waals surface area contributed by atoms with Crippen molar-refractivity contribution in [1.29, 1.82) is 0 Å². The van der Waals surface area contributed by atoms with Crippen LogP contribution in [-0.2, 0) is 0 Å². The van der Waals surface area contributed by atoms with Gasteiger partial charge in [-0.15, -0.1) is 0 Å². The average Bonchev–Trinajstić information content (AvgIpc) is 1.83. The first-order valence-electron chi connectivity index (χ1n) is 2.21. The van der Waals surface area contributed by atoms with Crippen molar-refractivity contribution in [3.05, 3.63) is 0 Å². The van der Waals surface area contributed by atoms with Crippen molar-refractivity contribution in [2.24, 2.45) is 4.99 Å². The Morgan fingerprint density at radius 3 is 2.50 bits per heavy atom. The molecule has 0 spiro atoms. The first-order valence-corrected chi connectivity index (χ1v) is 2.21. The molecule has 0 saturated carbocycles. The number of hydrogen-bond donors (Lipinski definition) is 2. The van der Waals surface area contributed by atoms with Crippen LogP contribution in [0.1, 0.15) is 0 Å². The molecule has 8 heavy (non-hydrogen) atoms. The number of rotatable bonds is 0. The van der Waals surface area contributed by atoms with Crippen molar-refractivity contribution in [3.8, 4) is 12.5 Å². The van der Waals surface area contributed by atoms with Crippen molar-refractivity contribution in [3.63, 3.8) is 0 Å². The third-order valence-corrected chi connectivity index (χ3v) is 0.651. The monoisotopic (exact) mass is 111 g/mol. The molecule has 0 fully saturated rings. The predicted molar refractivity (Wildman–Crippen MR) is 34.4 cm³/mol. The fourth-order valence-electron chi connectivity index (χ4n) is 0.299. The van der Waals surface area contributed by atoms with E-state index in [0.29, 0.717) is 5.96 Å². The highest BCUT2D eigenvalue weighted by atomic mass is 15.1. The lowest BCUT2D eigenvalue weighted by Crippen LogP contribution is -2.30. The van der Waals surface area contributed by atoms with Gasteiger partial charge in [-0.2, -0.15) is 0 Å². The molecule has 0 aromatic carbocycles. The number of guanidine groups is 1. The highest BCUT2D eigenvalue weighted by Crippen LogP contribution is 1.57. The van der Waals surface area contributed by atoms with Crippen LogP contribution in [-0.4, -0.2) is 20.1 Å². The standard InChI is InChI=1S/C5H9N3/c1-4-8-5(6-2)7-3/h1H,2-3H3,(H2,6,7,8). The van der Waals surface area contributed by atoms with Gasteiger partial charge in [0.15, 0.2) is 0 Å². The Morgan fingerprint density at radius 2 is 2.38 bits per heavy atom. The van der Waals surface area contributed by atoms with E-state index in [0.717, 1.165) is 0 Å². The molecule has 0 bridgehead atoms. The minimum absolute atomic E-state index is 0.604. The smallest absolute Gasteiger partial charge is 0.202 e. The Kier molecular flexibility index (Phi) is 3.42. The quantitative estimate of drug-likeness (QED) is 0.189. The molecule has 0 aliphatic heterocycles. The highest BCUT2D eigenvalue weighted by molar-refractivity contribution is 5.80. The van der Waals surface area contributed by atoms with Crippen LogP contribution in [0.5, 0.6) is 0 Å². The van der Waals surface area contributed by atoms with Gasteiger partial charge in [0.05, 0.1) is 0 Å². The van der Waals surface area contributed by atoms with E-state index in [4.69, 9.17) is 6.42 Å². The summed E-state index contributed by atoms with van der Waals surface area (Å²) in [6, 6.07) is 2.23. The van der Waals surface area contributed by atoms with Crippen LogP contribution < -0.4 is 10.6 Å². The zero-order valence-corrected chi connectivity index (χ0v) is 5.02. The van der Waals surface area contributed by atoms with E-state index >= 15 is 0 Å². The summed E-state index contributed by atoms with van der Waals surface area (Å²) in [6.45, 7) is 0. The van der Waals surface area contributed by atoms with Crippen molar-refractivity contribution in [2.45, 2.75) is 0 Å². The number of aliphatic imine (C=N–C) groups is 1. The lowest BCUT2D eigenvalue weighted by molar-refractivity contribution is 1.07. The number of hydrogen-bond acceptors (Lipinski definition) is 1. The van der Waals surface area contributed by atoms with Crippen LogP contribution in [0.15, 0.2) is 4.99 Å². The van der Waals surface area contributed by atoms with Crippen LogP contribution >= 0.6 is 0 Å². The molecule has 44 valence electrons. The first kappa shape index (κ1) is 6.83. The Labute approximate surface area is 49.2 Å². The van der Waals surface area contributed by atoms with Gasteiger partial charge in [-0.1, -0.05) is 6.42 Å². The molecule has 0 aliphatic carbocycles.